The molecule has 0 saturated heterocycles. The fourth-order valence-corrected chi connectivity index (χ4v) is 3.89. The molecule has 2 aromatic rings. The normalized spacial score (nSPS) is 11.1. The Bertz CT molecular complexity index is 613. The molecule has 6 heteroatoms. The first-order valence-electron chi connectivity index (χ1n) is 7.07. The highest BCUT2D eigenvalue weighted by atomic mass is 127. The molecule has 0 aliphatic heterocycles. The van der Waals surface area contributed by atoms with Crippen molar-refractivity contribution in [3.8, 4) is 10.7 Å². The molecule has 0 fully saturated rings. The Hall–Kier alpha value is -0.210. The van der Waals surface area contributed by atoms with Crippen LogP contribution in [0.5, 0.6) is 0 Å². The Morgan fingerprint density at radius 3 is 2.67 bits per heavy atom. The van der Waals surface area contributed by atoms with Gasteiger partial charge < -0.3 is 5.32 Å². The number of aromatic nitrogens is 2. The molecule has 0 saturated carbocycles. The van der Waals surface area contributed by atoms with Crippen LogP contribution >= 0.6 is 49.9 Å². The standard InChI is InChI=1S/C15H19BrIN3S/c1-4-7-18-15-13(17)10(8-9(2)3)19-14(20-15)11-5-6-12(16)21-11/h5-6,9H,4,7-8H2,1-3H3,(H,18,19,20). The van der Waals surface area contributed by atoms with Crippen molar-refractivity contribution in [3.05, 3.63) is 25.2 Å². The van der Waals surface area contributed by atoms with Gasteiger partial charge in [0.15, 0.2) is 5.82 Å². The van der Waals surface area contributed by atoms with Crippen molar-refractivity contribution in [2.45, 2.75) is 33.6 Å². The molecular formula is C15H19BrIN3S. The van der Waals surface area contributed by atoms with E-state index in [-0.39, 0.29) is 0 Å². The molecule has 0 bridgehead atoms. The summed E-state index contributed by atoms with van der Waals surface area (Å²) in [6, 6.07) is 4.11. The van der Waals surface area contributed by atoms with Gasteiger partial charge in [-0.1, -0.05) is 20.8 Å². The van der Waals surface area contributed by atoms with Gasteiger partial charge in [-0.05, 0) is 69.4 Å². The zero-order chi connectivity index (χ0) is 15.4. The van der Waals surface area contributed by atoms with E-state index >= 15 is 0 Å². The first-order chi connectivity index (χ1) is 10.0. The molecule has 0 aliphatic rings. The molecule has 21 heavy (non-hydrogen) atoms. The van der Waals surface area contributed by atoms with E-state index in [1.165, 1.54) is 0 Å². The van der Waals surface area contributed by atoms with Crippen LogP contribution in [0.1, 0.15) is 32.9 Å². The van der Waals surface area contributed by atoms with E-state index in [9.17, 15) is 0 Å². The largest absolute Gasteiger partial charge is 0.369 e. The van der Waals surface area contributed by atoms with Gasteiger partial charge in [0.25, 0.3) is 0 Å². The summed E-state index contributed by atoms with van der Waals surface area (Å²) < 4.78 is 2.25. The molecule has 0 spiro atoms. The van der Waals surface area contributed by atoms with E-state index in [0.717, 1.165) is 49.0 Å². The minimum Gasteiger partial charge on any atom is -0.369 e. The van der Waals surface area contributed by atoms with E-state index in [4.69, 9.17) is 9.97 Å². The van der Waals surface area contributed by atoms with Crippen LogP contribution in [-0.2, 0) is 6.42 Å². The summed E-state index contributed by atoms with van der Waals surface area (Å²) in [4.78, 5) is 10.6. The predicted octanol–water partition coefficient (Wildman–Crippen LogP) is 5.59. The van der Waals surface area contributed by atoms with Gasteiger partial charge in [-0.3, -0.25) is 0 Å². The fraction of sp³-hybridized carbons (Fsp3) is 0.467. The second kappa shape index (κ2) is 7.87. The van der Waals surface area contributed by atoms with Crippen LogP contribution < -0.4 is 5.32 Å². The number of rotatable bonds is 6. The first-order valence-corrected chi connectivity index (χ1v) is 9.76. The first kappa shape index (κ1) is 17.1. The maximum Gasteiger partial charge on any atom is 0.171 e. The van der Waals surface area contributed by atoms with Crippen LogP contribution in [0.2, 0.25) is 0 Å². The molecule has 3 nitrogen and oxygen atoms in total. The lowest BCUT2D eigenvalue weighted by Gasteiger charge is -2.13. The zero-order valence-corrected chi connectivity index (χ0v) is 17.0. The Labute approximate surface area is 152 Å². The van der Waals surface area contributed by atoms with Crippen LogP contribution in [0, 0.1) is 9.49 Å². The molecule has 1 N–H and O–H groups in total. The third kappa shape index (κ3) is 4.63. The predicted molar refractivity (Wildman–Crippen MR) is 103 cm³/mol. The second-order valence-corrected chi connectivity index (χ2v) is 8.83. The van der Waals surface area contributed by atoms with Crippen molar-refractivity contribution >= 4 is 55.7 Å². The van der Waals surface area contributed by atoms with Crippen molar-refractivity contribution in [2.75, 3.05) is 11.9 Å². The van der Waals surface area contributed by atoms with Gasteiger partial charge in [-0.2, -0.15) is 0 Å². The minimum absolute atomic E-state index is 0.579. The number of nitrogens with one attached hydrogen (secondary N) is 1. The van der Waals surface area contributed by atoms with Crippen molar-refractivity contribution in [1.82, 2.24) is 9.97 Å². The van der Waals surface area contributed by atoms with Crippen molar-refractivity contribution in [2.24, 2.45) is 5.92 Å². The second-order valence-electron chi connectivity index (χ2n) is 5.29. The van der Waals surface area contributed by atoms with Crippen molar-refractivity contribution in [3.63, 3.8) is 0 Å². The molecule has 0 amide bonds. The third-order valence-electron chi connectivity index (χ3n) is 2.86. The van der Waals surface area contributed by atoms with Gasteiger partial charge in [-0.15, -0.1) is 11.3 Å². The van der Waals surface area contributed by atoms with E-state index in [1.54, 1.807) is 11.3 Å². The van der Waals surface area contributed by atoms with E-state index in [1.807, 2.05) is 6.07 Å². The lowest BCUT2D eigenvalue weighted by molar-refractivity contribution is 0.632. The van der Waals surface area contributed by atoms with Gasteiger partial charge >= 0.3 is 0 Å². The van der Waals surface area contributed by atoms with Gasteiger partial charge in [-0.25, -0.2) is 9.97 Å². The summed E-state index contributed by atoms with van der Waals surface area (Å²) in [7, 11) is 0. The summed E-state index contributed by atoms with van der Waals surface area (Å²) in [5.41, 5.74) is 1.14. The van der Waals surface area contributed by atoms with Crippen LogP contribution in [0.25, 0.3) is 10.7 Å². The minimum atomic E-state index is 0.579. The topological polar surface area (TPSA) is 37.8 Å². The Kier molecular flexibility index (Phi) is 6.43. The van der Waals surface area contributed by atoms with Crippen molar-refractivity contribution < 1.29 is 0 Å². The van der Waals surface area contributed by atoms with Gasteiger partial charge in [0.05, 0.1) is 17.9 Å². The molecule has 0 aliphatic carbocycles. The summed E-state index contributed by atoms with van der Waals surface area (Å²) in [5, 5.41) is 3.43. The number of hydrogen-bond acceptors (Lipinski definition) is 4. The highest BCUT2D eigenvalue weighted by Gasteiger charge is 2.15. The summed E-state index contributed by atoms with van der Waals surface area (Å²) in [6.07, 6.45) is 2.06. The SMILES string of the molecule is CCCNc1nc(-c2ccc(Br)s2)nc(CC(C)C)c1I. The van der Waals surface area contributed by atoms with E-state index in [0.29, 0.717) is 5.92 Å². The van der Waals surface area contributed by atoms with E-state index < -0.39 is 0 Å². The summed E-state index contributed by atoms with van der Waals surface area (Å²) >= 11 is 7.54. The van der Waals surface area contributed by atoms with Crippen LogP contribution in [0.3, 0.4) is 0 Å². The third-order valence-corrected chi connectivity index (χ3v) is 5.61. The monoisotopic (exact) mass is 479 g/mol. The average molecular weight is 480 g/mol. The van der Waals surface area contributed by atoms with Gasteiger partial charge in [0.1, 0.15) is 5.82 Å². The Morgan fingerprint density at radius 2 is 2.10 bits per heavy atom. The lowest BCUT2D eigenvalue weighted by atomic mass is 10.1. The van der Waals surface area contributed by atoms with E-state index in [2.05, 4.69) is 70.7 Å². The maximum absolute atomic E-state index is 4.80. The molecule has 0 aromatic carbocycles. The van der Waals surface area contributed by atoms with Gasteiger partial charge in [0, 0.05) is 6.54 Å². The summed E-state index contributed by atoms with van der Waals surface area (Å²) in [5.74, 6) is 2.36. The zero-order valence-electron chi connectivity index (χ0n) is 12.4. The number of nitrogens with zero attached hydrogens (tertiary/aromatic N) is 2. The fourth-order valence-electron chi connectivity index (χ4n) is 1.92. The molecule has 2 rings (SSSR count). The molecule has 2 aromatic heterocycles. The average Bonchev–Trinajstić information content (AvgIpc) is 2.86. The molecule has 2 heterocycles. The quantitative estimate of drug-likeness (QED) is 0.548. The number of thiophene rings is 1. The lowest BCUT2D eigenvalue weighted by Crippen LogP contribution is -2.10. The summed E-state index contributed by atoms with van der Waals surface area (Å²) in [6.45, 7) is 7.53. The molecule has 114 valence electrons. The van der Waals surface area contributed by atoms with Crippen LogP contribution in [-0.4, -0.2) is 16.5 Å². The van der Waals surface area contributed by atoms with Crippen LogP contribution in [0.4, 0.5) is 5.82 Å². The molecule has 0 radical (unpaired) electrons. The van der Waals surface area contributed by atoms with Crippen molar-refractivity contribution in [1.29, 1.82) is 0 Å². The smallest absolute Gasteiger partial charge is 0.171 e. The number of hydrogen-bond donors (Lipinski definition) is 1. The highest BCUT2D eigenvalue weighted by molar-refractivity contribution is 14.1. The molecule has 0 unspecified atom stereocenters. The van der Waals surface area contributed by atoms with Crippen LogP contribution in [0.15, 0.2) is 15.9 Å². The maximum atomic E-state index is 4.80. The van der Waals surface area contributed by atoms with Gasteiger partial charge in [0.2, 0.25) is 0 Å². The Morgan fingerprint density at radius 1 is 1.33 bits per heavy atom. The number of halogens is 2. The number of anilines is 1. The highest BCUT2D eigenvalue weighted by Crippen LogP contribution is 2.32. The molecule has 0 atom stereocenters. The molecular weight excluding hydrogens is 461 g/mol. The Balaban J connectivity index is 2.44.